The zero-order valence-corrected chi connectivity index (χ0v) is 13.6. The van der Waals surface area contributed by atoms with Crippen LogP contribution in [-0.2, 0) is 19.4 Å². The molecule has 0 aliphatic heterocycles. The molecule has 7 heteroatoms. The number of carboxylic acid groups (broad SMARTS) is 1. The summed E-state index contributed by atoms with van der Waals surface area (Å²) < 4.78 is 0. The van der Waals surface area contributed by atoms with E-state index in [-0.39, 0.29) is 18.1 Å². The molecule has 22 heavy (non-hydrogen) atoms. The summed E-state index contributed by atoms with van der Waals surface area (Å²) in [5.41, 5.74) is 1.34. The van der Waals surface area contributed by atoms with E-state index in [2.05, 4.69) is 10.3 Å². The maximum atomic E-state index is 12.2. The van der Waals surface area contributed by atoms with E-state index in [4.69, 9.17) is 5.11 Å². The third-order valence-electron chi connectivity index (χ3n) is 3.64. The van der Waals surface area contributed by atoms with Crippen molar-refractivity contribution in [2.24, 2.45) is 0 Å². The van der Waals surface area contributed by atoms with Crippen LogP contribution in [0.3, 0.4) is 0 Å². The first-order valence-electron chi connectivity index (χ1n) is 7.21. The van der Waals surface area contributed by atoms with Crippen molar-refractivity contribution in [3.05, 3.63) is 37.5 Å². The quantitative estimate of drug-likeness (QED) is 0.841. The lowest BCUT2D eigenvalue weighted by atomic mass is 10.1. The maximum absolute atomic E-state index is 12.2. The number of aryl methyl sites for hydroxylation is 2. The van der Waals surface area contributed by atoms with E-state index in [0.29, 0.717) is 5.01 Å². The first-order valence-corrected chi connectivity index (χ1v) is 8.90. The predicted octanol–water partition coefficient (Wildman–Crippen LogP) is 3.10. The largest absolute Gasteiger partial charge is 0.476 e. The zero-order valence-electron chi connectivity index (χ0n) is 11.9. The van der Waals surface area contributed by atoms with Gasteiger partial charge in [0.15, 0.2) is 5.69 Å². The molecule has 2 heterocycles. The molecular formula is C15H16N2O3S2. The number of carboxylic acids is 1. The van der Waals surface area contributed by atoms with E-state index < -0.39 is 5.97 Å². The standard InChI is InChI=1S/C15H16N2O3S2/c18-14(16-7-13-17-10(8-21-13)15(19)20)12-6-9-4-2-1-3-5-11(9)22-12/h6,8H,1-5,7H2,(H,16,18)(H,19,20). The van der Waals surface area contributed by atoms with Gasteiger partial charge in [-0.2, -0.15) is 0 Å². The number of thiophene rings is 1. The number of rotatable bonds is 4. The van der Waals surface area contributed by atoms with Gasteiger partial charge in [0.2, 0.25) is 0 Å². The van der Waals surface area contributed by atoms with Crippen LogP contribution in [0.15, 0.2) is 11.4 Å². The minimum atomic E-state index is -1.05. The van der Waals surface area contributed by atoms with Gasteiger partial charge in [-0.1, -0.05) is 6.42 Å². The van der Waals surface area contributed by atoms with Crippen LogP contribution in [0.4, 0.5) is 0 Å². The summed E-state index contributed by atoms with van der Waals surface area (Å²) in [6.07, 6.45) is 5.79. The van der Waals surface area contributed by atoms with Gasteiger partial charge in [0.05, 0.1) is 11.4 Å². The fraction of sp³-hybridized carbons (Fsp3) is 0.400. The van der Waals surface area contributed by atoms with Gasteiger partial charge in [-0.25, -0.2) is 9.78 Å². The SMILES string of the molecule is O=C(O)c1csc(CNC(=O)c2cc3c(s2)CCCCC3)n1. The summed E-state index contributed by atoms with van der Waals surface area (Å²) in [5, 5.41) is 13.7. The van der Waals surface area contributed by atoms with Crippen molar-refractivity contribution in [1.82, 2.24) is 10.3 Å². The molecule has 2 N–H and O–H groups in total. The number of hydrogen-bond acceptors (Lipinski definition) is 5. The van der Waals surface area contributed by atoms with Gasteiger partial charge in [-0.3, -0.25) is 4.79 Å². The molecule has 0 spiro atoms. The maximum Gasteiger partial charge on any atom is 0.355 e. The molecule has 0 saturated heterocycles. The van der Waals surface area contributed by atoms with Gasteiger partial charge in [0.1, 0.15) is 5.01 Å². The molecule has 2 aromatic rings. The summed E-state index contributed by atoms with van der Waals surface area (Å²) in [5.74, 6) is -1.15. The summed E-state index contributed by atoms with van der Waals surface area (Å²) >= 11 is 2.82. The molecule has 0 radical (unpaired) electrons. The second-order valence-electron chi connectivity index (χ2n) is 5.23. The third kappa shape index (κ3) is 3.36. The van der Waals surface area contributed by atoms with Gasteiger partial charge in [-0.15, -0.1) is 22.7 Å². The lowest BCUT2D eigenvalue weighted by Gasteiger charge is -2.00. The monoisotopic (exact) mass is 336 g/mol. The Bertz CT molecular complexity index is 682. The summed E-state index contributed by atoms with van der Waals surface area (Å²) in [7, 11) is 0. The molecule has 0 saturated carbocycles. The molecule has 1 aliphatic carbocycles. The Hall–Kier alpha value is -1.73. The van der Waals surface area contributed by atoms with Crippen molar-refractivity contribution in [3.8, 4) is 0 Å². The topological polar surface area (TPSA) is 79.3 Å². The van der Waals surface area contributed by atoms with Crippen LogP contribution in [0.25, 0.3) is 0 Å². The van der Waals surface area contributed by atoms with Crippen LogP contribution in [0.2, 0.25) is 0 Å². The van der Waals surface area contributed by atoms with Crippen molar-refractivity contribution in [2.75, 3.05) is 0 Å². The van der Waals surface area contributed by atoms with Crippen molar-refractivity contribution in [3.63, 3.8) is 0 Å². The first-order chi connectivity index (χ1) is 10.6. The number of hydrogen-bond donors (Lipinski definition) is 2. The number of amides is 1. The Balaban J connectivity index is 1.63. The Labute approximate surface area is 136 Å². The summed E-state index contributed by atoms with van der Waals surface area (Å²) in [6, 6.07) is 2.01. The zero-order chi connectivity index (χ0) is 15.5. The normalized spacial score (nSPS) is 14.2. The number of thiazole rings is 1. The highest BCUT2D eigenvalue weighted by atomic mass is 32.1. The van der Waals surface area contributed by atoms with Crippen LogP contribution < -0.4 is 5.32 Å². The van der Waals surface area contributed by atoms with Crippen LogP contribution in [0.5, 0.6) is 0 Å². The smallest absolute Gasteiger partial charge is 0.355 e. The van der Waals surface area contributed by atoms with E-state index in [1.165, 1.54) is 46.4 Å². The van der Waals surface area contributed by atoms with E-state index in [0.717, 1.165) is 17.7 Å². The van der Waals surface area contributed by atoms with Gasteiger partial charge in [0.25, 0.3) is 5.91 Å². The highest BCUT2D eigenvalue weighted by Gasteiger charge is 2.17. The third-order valence-corrected chi connectivity index (χ3v) is 5.73. The molecule has 1 aliphatic rings. The van der Waals surface area contributed by atoms with E-state index in [1.807, 2.05) is 6.07 Å². The molecule has 0 unspecified atom stereocenters. The van der Waals surface area contributed by atoms with E-state index in [9.17, 15) is 9.59 Å². The molecule has 1 amide bonds. The molecule has 0 atom stereocenters. The summed E-state index contributed by atoms with van der Waals surface area (Å²) in [4.78, 5) is 29.0. The van der Waals surface area contributed by atoms with Crippen LogP contribution in [0, 0.1) is 0 Å². The molecule has 0 fully saturated rings. The Morgan fingerprint density at radius 2 is 2.09 bits per heavy atom. The molecule has 116 valence electrons. The fourth-order valence-electron chi connectivity index (χ4n) is 2.51. The van der Waals surface area contributed by atoms with Gasteiger partial charge in [-0.05, 0) is 37.3 Å². The minimum Gasteiger partial charge on any atom is -0.476 e. The lowest BCUT2D eigenvalue weighted by Crippen LogP contribution is -2.21. The fourth-order valence-corrected chi connectivity index (χ4v) is 4.39. The van der Waals surface area contributed by atoms with Gasteiger partial charge >= 0.3 is 5.97 Å². The second kappa shape index (κ2) is 6.58. The second-order valence-corrected chi connectivity index (χ2v) is 7.31. The number of aromatic nitrogens is 1. The Morgan fingerprint density at radius 1 is 1.27 bits per heavy atom. The van der Waals surface area contributed by atoms with E-state index >= 15 is 0 Å². The Morgan fingerprint density at radius 3 is 2.86 bits per heavy atom. The molecular weight excluding hydrogens is 320 g/mol. The van der Waals surface area contributed by atoms with Crippen molar-refractivity contribution < 1.29 is 14.7 Å². The molecule has 2 aromatic heterocycles. The highest BCUT2D eigenvalue weighted by molar-refractivity contribution is 7.14. The number of aromatic carboxylic acids is 1. The number of nitrogens with one attached hydrogen (secondary N) is 1. The van der Waals surface area contributed by atoms with Crippen LogP contribution in [-0.4, -0.2) is 22.0 Å². The predicted molar refractivity (Wildman–Crippen MR) is 85.8 cm³/mol. The molecule has 3 rings (SSSR count). The molecule has 5 nitrogen and oxygen atoms in total. The summed E-state index contributed by atoms with van der Waals surface area (Å²) in [6.45, 7) is 0.263. The average molecular weight is 336 g/mol. The number of carbonyl (C=O) groups is 2. The number of fused-ring (bicyclic) bond motifs is 1. The van der Waals surface area contributed by atoms with Crippen LogP contribution in [0.1, 0.15) is 54.9 Å². The van der Waals surface area contributed by atoms with Gasteiger partial charge in [0, 0.05) is 10.3 Å². The van der Waals surface area contributed by atoms with E-state index in [1.54, 1.807) is 11.3 Å². The number of nitrogens with zero attached hydrogens (tertiary/aromatic N) is 1. The van der Waals surface area contributed by atoms with Crippen molar-refractivity contribution in [1.29, 1.82) is 0 Å². The van der Waals surface area contributed by atoms with Crippen molar-refractivity contribution in [2.45, 2.75) is 38.6 Å². The number of carbonyl (C=O) groups excluding carboxylic acids is 1. The first kappa shape index (κ1) is 15.2. The molecule has 0 bridgehead atoms. The average Bonchev–Trinajstić information content (AvgIpc) is 3.07. The Kier molecular flexibility index (Phi) is 4.54. The van der Waals surface area contributed by atoms with Gasteiger partial charge < -0.3 is 10.4 Å². The lowest BCUT2D eigenvalue weighted by molar-refractivity contribution is 0.0691. The van der Waals surface area contributed by atoms with Crippen LogP contribution >= 0.6 is 22.7 Å². The van der Waals surface area contributed by atoms with Crippen molar-refractivity contribution >= 4 is 34.6 Å². The molecule has 0 aromatic carbocycles. The highest BCUT2D eigenvalue weighted by Crippen LogP contribution is 2.29. The minimum absolute atomic E-state index is 0.0251.